The number of anilines is 1. The Bertz CT molecular complexity index is 322. The van der Waals surface area contributed by atoms with Crippen molar-refractivity contribution in [2.75, 3.05) is 5.73 Å². The van der Waals surface area contributed by atoms with Gasteiger partial charge in [-0.05, 0) is 20.3 Å². The number of hydrogen-bond donors (Lipinski definition) is 2. The lowest BCUT2D eigenvalue weighted by molar-refractivity contribution is 0.512. The number of nitrogens with one attached hydrogen (secondary N) is 1. The SMILES string of the molecule is CCc1[nH]n(C(C)C)c(=O)c1N. The standard InChI is InChI=1S/C8H15N3O/c1-4-6-7(9)8(12)11(10-6)5(2)3/h5,10H,4,9H2,1-3H3. The summed E-state index contributed by atoms with van der Waals surface area (Å²) in [6, 6.07) is 0.139. The van der Waals surface area contributed by atoms with Crippen LogP contribution < -0.4 is 11.3 Å². The lowest BCUT2D eigenvalue weighted by Gasteiger charge is -2.03. The van der Waals surface area contributed by atoms with Crippen LogP contribution in [0.15, 0.2) is 4.79 Å². The number of hydrogen-bond acceptors (Lipinski definition) is 2. The van der Waals surface area contributed by atoms with Crippen LogP contribution in [0.25, 0.3) is 0 Å². The highest BCUT2D eigenvalue weighted by atomic mass is 16.1. The molecule has 4 nitrogen and oxygen atoms in total. The Morgan fingerprint density at radius 1 is 1.58 bits per heavy atom. The Labute approximate surface area is 71.4 Å². The third-order valence-corrected chi connectivity index (χ3v) is 1.90. The zero-order valence-electron chi connectivity index (χ0n) is 7.72. The zero-order chi connectivity index (χ0) is 9.30. The van der Waals surface area contributed by atoms with E-state index in [0.29, 0.717) is 5.69 Å². The molecule has 4 heteroatoms. The first-order valence-corrected chi connectivity index (χ1v) is 4.16. The van der Waals surface area contributed by atoms with E-state index in [-0.39, 0.29) is 11.6 Å². The molecule has 0 aliphatic carbocycles. The van der Waals surface area contributed by atoms with E-state index in [2.05, 4.69) is 5.10 Å². The van der Waals surface area contributed by atoms with Gasteiger partial charge in [0.15, 0.2) is 0 Å². The number of H-pyrrole nitrogens is 1. The molecule has 0 aromatic carbocycles. The zero-order valence-corrected chi connectivity index (χ0v) is 7.72. The maximum absolute atomic E-state index is 11.4. The molecule has 68 valence electrons. The third kappa shape index (κ3) is 1.24. The van der Waals surface area contributed by atoms with Crippen LogP contribution in [-0.2, 0) is 6.42 Å². The molecule has 3 N–H and O–H groups in total. The molecule has 1 rings (SSSR count). The van der Waals surface area contributed by atoms with Crippen molar-refractivity contribution in [3.63, 3.8) is 0 Å². The molecular weight excluding hydrogens is 154 g/mol. The molecule has 1 heterocycles. The van der Waals surface area contributed by atoms with E-state index in [9.17, 15) is 4.79 Å². The van der Waals surface area contributed by atoms with Crippen molar-refractivity contribution in [3.8, 4) is 0 Å². The quantitative estimate of drug-likeness (QED) is 0.691. The van der Waals surface area contributed by atoms with Gasteiger partial charge in [0.05, 0.1) is 5.69 Å². The fourth-order valence-corrected chi connectivity index (χ4v) is 1.15. The van der Waals surface area contributed by atoms with E-state index < -0.39 is 0 Å². The smallest absolute Gasteiger partial charge is 0.290 e. The minimum Gasteiger partial charge on any atom is -0.393 e. The second kappa shape index (κ2) is 3.05. The maximum atomic E-state index is 11.4. The molecule has 0 radical (unpaired) electrons. The molecule has 0 saturated carbocycles. The number of nitrogens with two attached hydrogens (primary N) is 1. The van der Waals surface area contributed by atoms with E-state index in [1.165, 1.54) is 0 Å². The Balaban J connectivity index is 3.25. The topological polar surface area (TPSA) is 63.8 Å². The van der Waals surface area contributed by atoms with Crippen molar-refractivity contribution < 1.29 is 0 Å². The molecule has 0 aliphatic heterocycles. The molecule has 0 fully saturated rings. The minimum absolute atomic E-state index is 0.109. The average Bonchev–Trinajstić information content (AvgIpc) is 2.30. The summed E-state index contributed by atoms with van der Waals surface area (Å²) in [7, 11) is 0. The second-order valence-electron chi connectivity index (χ2n) is 3.13. The molecule has 0 aliphatic rings. The summed E-state index contributed by atoms with van der Waals surface area (Å²) >= 11 is 0. The van der Waals surface area contributed by atoms with Crippen LogP contribution in [0.2, 0.25) is 0 Å². The lowest BCUT2D eigenvalue weighted by Crippen LogP contribution is -2.20. The number of rotatable bonds is 2. The van der Waals surface area contributed by atoms with Gasteiger partial charge in [-0.1, -0.05) is 6.92 Å². The molecule has 0 spiro atoms. The Kier molecular flexibility index (Phi) is 2.26. The van der Waals surface area contributed by atoms with E-state index in [0.717, 1.165) is 12.1 Å². The molecular formula is C8H15N3O. The van der Waals surface area contributed by atoms with Gasteiger partial charge in [-0.25, -0.2) is 4.68 Å². The summed E-state index contributed by atoms with van der Waals surface area (Å²) in [6.45, 7) is 5.85. The summed E-state index contributed by atoms with van der Waals surface area (Å²) in [5.41, 5.74) is 6.66. The van der Waals surface area contributed by atoms with E-state index in [1.54, 1.807) is 4.68 Å². The predicted molar refractivity (Wildman–Crippen MR) is 49.2 cm³/mol. The first-order chi connectivity index (χ1) is 5.57. The molecule has 0 bridgehead atoms. The van der Waals surface area contributed by atoms with Gasteiger partial charge < -0.3 is 5.73 Å². The Morgan fingerprint density at radius 3 is 2.42 bits per heavy atom. The number of nitrogens with zero attached hydrogens (tertiary/aromatic N) is 1. The van der Waals surface area contributed by atoms with Crippen LogP contribution in [-0.4, -0.2) is 9.78 Å². The van der Waals surface area contributed by atoms with Crippen molar-refractivity contribution in [1.82, 2.24) is 9.78 Å². The predicted octanol–water partition coefficient (Wildman–Crippen LogP) is 0.902. The largest absolute Gasteiger partial charge is 0.393 e. The van der Waals surface area contributed by atoms with Gasteiger partial charge in [-0.15, -0.1) is 0 Å². The highest BCUT2D eigenvalue weighted by Gasteiger charge is 2.10. The van der Waals surface area contributed by atoms with Crippen molar-refractivity contribution in [3.05, 3.63) is 16.0 Å². The highest BCUT2D eigenvalue weighted by Crippen LogP contribution is 2.06. The van der Waals surface area contributed by atoms with Crippen LogP contribution in [0.5, 0.6) is 0 Å². The van der Waals surface area contributed by atoms with Gasteiger partial charge in [0.1, 0.15) is 5.69 Å². The van der Waals surface area contributed by atoms with Crippen molar-refractivity contribution in [1.29, 1.82) is 0 Å². The monoisotopic (exact) mass is 169 g/mol. The summed E-state index contributed by atoms with van der Waals surface area (Å²) in [4.78, 5) is 11.4. The first-order valence-electron chi connectivity index (χ1n) is 4.16. The summed E-state index contributed by atoms with van der Waals surface area (Å²) < 4.78 is 1.55. The fraction of sp³-hybridized carbons (Fsp3) is 0.625. The first kappa shape index (κ1) is 8.90. The van der Waals surface area contributed by atoms with Crippen LogP contribution in [0.3, 0.4) is 0 Å². The van der Waals surface area contributed by atoms with E-state index in [4.69, 9.17) is 5.73 Å². The molecule has 0 amide bonds. The number of aromatic nitrogens is 2. The average molecular weight is 169 g/mol. The van der Waals surface area contributed by atoms with Crippen LogP contribution >= 0.6 is 0 Å². The van der Waals surface area contributed by atoms with E-state index >= 15 is 0 Å². The van der Waals surface area contributed by atoms with Gasteiger partial charge in [-0.3, -0.25) is 9.89 Å². The molecule has 0 unspecified atom stereocenters. The van der Waals surface area contributed by atoms with Gasteiger partial charge in [-0.2, -0.15) is 0 Å². The summed E-state index contributed by atoms with van der Waals surface area (Å²) in [6.07, 6.45) is 0.765. The third-order valence-electron chi connectivity index (χ3n) is 1.90. The lowest BCUT2D eigenvalue weighted by atomic mass is 10.3. The van der Waals surface area contributed by atoms with Gasteiger partial charge >= 0.3 is 0 Å². The summed E-state index contributed by atoms with van der Waals surface area (Å²) in [5, 5.41) is 2.98. The van der Waals surface area contributed by atoms with Crippen molar-refractivity contribution in [2.24, 2.45) is 0 Å². The molecule has 0 saturated heterocycles. The van der Waals surface area contributed by atoms with Crippen LogP contribution in [0, 0.1) is 0 Å². The van der Waals surface area contributed by atoms with Crippen molar-refractivity contribution in [2.45, 2.75) is 33.2 Å². The van der Waals surface area contributed by atoms with Crippen molar-refractivity contribution >= 4 is 5.69 Å². The number of aromatic amines is 1. The molecule has 1 aromatic heterocycles. The second-order valence-corrected chi connectivity index (χ2v) is 3.13. The highest BCUT2D eigenvalue weighted by molar-refractivity contribution is 5.40. The van der Waals surface area contributed by atoms with Gasteiger partial charge in [0.25, 0.3) is 5.56 Å². The molecule has 12 heavy (non-hydrogen) atoms. The Hall–Kier alpha value is -1.19. The Morgan fingerprint density at radius 2 is 2.17 bits per heavy atom. The normalized spacial score (nSPS) is 11.0. The van der Waals surface area contributed by atoms with E-state index in [1.807, 2.05) is 20.8 Å². The van der Waals surface area contributed by atoms with Gasteiger partial charge in [0, 0.05) is 6.04 Å². The number of nitrogen functional groups attached to an aromatic ring is 1. The maximum Gasteiger partial charge on any atom is 0.290 e. The van der Waals surface area contributed by atoms with Gasteiger partial charge in [0.2, 0.25) is 0 Å². The minimum atomic E-state index is -0.109. The fourth-order valence-electron chi connectivity index (χ4n) is 1.15. The number of aryl methyl sites for hydroxylation is 1. The summed E-state index contributed by atoms with van der Waals surface area (Å²) in [5.74, 6) is 0. The van der Waals surface area contributed by atoms with Crippen LogP contribution in [0.1, 0.15) is 32.5 Å². The van der Waals surface area contributed by atoms with Crippen LogP contribution in [0.4, 0.5) is 5.69 Å². The molecule has 1 aromatic rings. The molecule has 0 atom stereocenters.